The fourth-order valence-corrected chi connectivity index (χ4v) is 1.80. The highest BCUT2D eigenvalue weighted by Crippen LogP contribution is 2.08. The van der Waals surface area contributed by atoms with Crippen LogP contribution >= 0.6 is 0 Å². The molecule has 0 saturated carbocycles. The standard InChI is InChI=1S/C13H12N6O/c20-12(17-13-15-8-16-18-13)11-3-1-10(2-4-11)7-19-6-5-14-9-19/h1-6,8-9H,7H2,(H2,15,16,17,18,20). The first-order chi connectivity index (χ1) is 9.81. The van der Waals surface area contributed by atoms with Crippen molar-refractivity contribution in [2.24, 2.45) is 0 Å². The number of anilines is 1. The van der Waals surface area contributed by atoms with E-state index < -0.39 is 0 Å². The van der Waals surface area contributed by atoms with Gasteiger partial charge in [0.15, 0.2) is 0 Å². The van der Waals surface area contributed by atoms with E-state index in [9.17, 15) is 4.79 Å². The van der Waals surface area contributed by atoms with Gasteiger partial charge in [-0.2, -0.15) is 10.1 Å². The summed E-state index contributed by atoms with van der Waals surface area (Å²) < 4.78 is 1.96. The second-order valence-electron chi connectivity index (χ2n) is 4.22. The number of benzene rings is 1. The zero-order valence-corrected chi connectivity index (χ0v) is 10.5. The van der Waals surface area contributed by atoms with Crippen LogP contribution in [0.3, 0.4) is 0 Å². The van der Waals surface area contributed by atoms with Crippen molar-refractivity contribution in [2.75, 3.05) is 5.32 Å². The SMILES string of the molecule is O=C(Nc1ncn[nH]1)c1ccc(Cn2ccnc2)cc1. The maximum absolute atomic E-state index is 11.9. The smallest absolute Gasteiger partial charge is 0.258 e. The van der Waals surface area contributed by atoms with Crippen LogP contribution in [0.15, 0.2) is 49.3 Å². The van der Waals surface area contributed by atoms with E-state index in [1.807, 2.05) is 22.9 Å². The number of carbonyl (C=O) groups is 1. The van der Waals surface area contributed by atoms with Crippen molar-refractivity contribution in [1.29, 1.82) is 0 Å². The van der Waals surface area contributed by atoms with E-state index in [2.05, 4.69) is 25.5 Å². The van der Waals surface area contributed by atoms with Crippen molar-refractivity contribution in [3.63, 3.8) is 0 Å². The van der Waals surface area contributed by atoms with Gasteiger partial charge in [0.25, 0.3) is 5.91 Å². The number of H-pyrrole nitrogens is 1. The quantitative estimate of drug-likeness (QED) is 0.746. The molecule has 0 saturated heterocycles. The molecule has 0 fully saturated rings. The maximum Gasteiger partial charge on any atom is 0.258 e. The molecule has 0 aliphatic carbocycles. The molecule has 0 radical (unpaired) electrons. The van der Waals surface area contributed by atoms with Gasteiger partial charge in [0, 0.05) is 24.5 Å². The lowest BCUT2D eigenvalue weighted by molar-refractivity contribution is 0.102. The number of hydrogen-bond donors (Lipinski definition) is 2. The molecule has 3 aromatic rings. The Morgan fingerprint density at radius 1 is 1.30 bits per heavy atom. The number of aromatic amines is 1. The molecule has 1 amide bonds. The van der Waals surface area contributed by atoms with E-state index in [0.717, 1.165) is 12.1 Å². The molecule has 1 aromatic carbocycles. The van der Waals surface area contributed by atoms with Crippen LogP contribution in [0.5, 0.6) is 0 Å². The Balaban J connectivity index is 1.68. The van der Waals surface area contributed by atoms with Crippen LogP contribution in [0.1, 0.15) is 15.9 Å². The maximum atomic E-state index is 11.9. The first-order valence-electron chi connectivity index (χ1n) is 6.03. The summed E-state index contributed by atoms with van der Waals surface area (Å²) in [6.07, 6.45) is 6.72. The third-order valence-corrected chi connectivity index (χ3v) is 2.79. The van der Waals surface area contributed by atoms with Crippen LogP contribution < -0.4 is 5.32 Å². The Bertz CT molecular complexity index is 672. The molecule has 0 aliphatic heterocycles. The van der Waals surface area contributed by atoms with Gasteiger partial charge in [0.1, 0.15) is 6.33 Å². The minimum absolute atomic E-state index is 0.226. The van der Waals surface area contributed by atoms with Gasteiger partial charge in [0.2, 0.25) is 5.95 Å². The van der Waals surface area contributed by atoms with Crippen molar-refractivity contribution < 1.29 is 4.79 Å². The monoisotopic (exact) mass is 268 g/mol. The minimum Gasteiger partial charge on any atom is -0.333 e. The highest BCUT2D eigenvalue weighted by molar-refractivity contribution is 6.03. The predicted molar refractivity (Wildman–Crippen MR) is 72.1 cm³/mol. The van der Waals surface area contributed by atoms with Crippen molar-refractivity contribution >= 4 is 11.9 Å². The molecule has 100 valence electrons. The number of nitrogens with zero attached hydrogens (tertiary/aromatic N) is 4. The summed E-state index contributed by atoms with van der Waals surface area (Å²) in [5, 5.41) is 8.86. The lowest BCUT2D eigenvalue weighted by Gasteiger charge is -2.05. The van der Waals surface area contributed by atoms with Crippen LogP contribution in [-0.4, -0.2) is 30.6 Å². The highest BCUT2D eigenvalue weighted by atomic mass is 16.1. The predicted octanol–water partition coefficient (Wildman–Crippen LogP) is 1.30. The Kier molecular flexibility index (Phi) is 3.24. The van der Waals surface area contributed by atoms with E-state index in [0.29, 0.717) is 11.5 Å². The van der Waals surface area contributed by atoms with Gasteiger partial charge in [-0.1, -0.05) is 12.1 Å². The summed E-state index contributed by atoms with van der Waals surface area (Å²) in [6, 6.07) is 7.38. The number of nitrogens with one attached hydrogen (secondary N) is 2. The number of hydrogen-bond acceptors (Lipinski definition) is 4. The summed E-state index contributed by atoms with van der Waals surface area (Å²) in [5.74, 6) is 0.105. The zero-order valence-electron chi connectivity index (χ0n) is 10.5. The normalized spacial score (nSPS) is 10.4. The van der Waals surface area contributed by atoms with E-state index in [4.69, 9.17) is 0 Å². The van der Waals surface area contributed by atoms with Crippen molar-refractivity contribution in [2.45, 2.75) is 6.54 Å². The molecule has 2 heterocycles. The molecule has 0 aliphatic rings. The Hall–Kier alpha value is -2.96. The Morgan fingerprint density at radius 2 is 2.15 bits per heavy atom. The zero-order chi connectivity index (χ0) is 13.8. The molecule has 0 spiro atoms. The van der Waals surface area contributed by atoms with E-state index in [1.54, 1.807) is 24.7 Å². The molecule has 0 unspecified atom stereocenters. The van der Waals surface area contributed by atoms with Crippen LogP contribution in [0.4, 0.5) is 5.95 Å². The fourth-order valence-electron chi connectivity index (χ4n) is 1.80. The number of aromatic nitrogens is 5. The minimum atomic E-state index is -0.226. The van der Waals surface area contributed by atoms with E-state index in [1.165, 1.54) is 6.33 Å². The molecule has 3 rings (SSSR count). The van der Waals surface area contributed by atoms with Gasteiger partial charge in [-0.15, -0.1) is 0 Å². The second-order valence-corrected chi connectivity index (χ2v) is 4.22. The van der Waals surface area contributed by atoms with E-state index >= 15 is 0 Å². The molecule has 0 atom stereocenters. The molecule has 2 aromatic heterocycles. The second kappa shape index (κ2) is 5.35. The first kappa shape index (κ1) is 12.1. The number of imidazole rings is 1. The van der Waals surface area contributed by atoms with Crippen LogP contribution in [0.25, 0.3) is 0 Å². The largest absolute Gasteiger partial charge is 0.333 e. The summed E-state index contributed by atoms with van der Waals surface area (Å²) >= 11 is 0. The van der Waals surface area contributed by atoms with Gasteiger partial charge >= 0.3 is 0 Å². The average Bonchev–Trinajstić information content (AvgIpc) is 3.13. The third-order valence-electron chi connectivity index (χ3n) is 2.79. The Morgan fingerprint density at radius 3 is 2.80 bits per heavy atom. The highest BCUT2D eigenvalue weighted by Gasteiger charge is 2.07. The topological polar surface area (TPSA) is 88.5 Å². The van der Waals surface area contributed by atoms with Gasteiger partial charge in [-0.3, -0.25) is 10.1 Å². The molecular formula is C13H12N6O. The first-order valence-corrected chi connectivity index (χ1v) is 6.03. The average molecular weight is 268 g/mol. The van der Waals surface area contributed by atoms with Gasteiger partial charge in [0.05, 0.1) is 6.33 Å². The fraction of sp³-hybridized carbons (Fsp3) is 0.0769. The Labute approximate surface area is 114 Å². The van der Waals surface area contributed by atoms with Crippen LogP contribution in [0, 0.1) is 0 Å². The molecular weight excluding hydrogens is 256 g/mol. The van der Waals surface area contributed by atoms with Gasteiger partial charge < -0.3 is 4.57 Å². The number of amides is 1. The third kappa shape index (κ3) is 2.72. The summed E-state index contributed by atoms with van der Waals surface area (Å²) in [7, 11) is 0. The van der Waals surface area contributed by atoms with Gasteiger partial charge in [-0.25, -0.2) is 10.1 Å². The molecule has 20 heavy (non-hydrogen) atoms. The summed E-state index contributed by atoms with van der Waals surface area (Å²) in [4.78, 5) is 19.8. The lowest BCUT2D eigenvalue weighted by Crippen LogP contribution is -2.13. The van der Waals surface area contributed by atoms with Crippen molar-refractivity contribution in [3.05, 3.63) is 60.4 Å². The molecule has 2 N–H and O–H groups in total. The van der Waals surface area contributed by atoms with Crippen LogP contribution in [0.2, 0.25) is 0 Å². The summed E-state index contributed by atoms with van der Waals surface area (Å²) in [5.41, 5.74) is 1.66. The van der Waals surface area contributed by atoms with E-state index in [-0.39, 0.29) is 5.91 Å². The summed E-state index contributed by atoms with van der Waals surface area (Å²) in [6.45, 7) is 0.726. The molecule has 0 bridgehead atoms. The van der Waals surface area contributed by atoms with Crippen molar-refractivity contribution in [3.8, 4) is 0 Å². The van der Waals surface area contributed by atoms with Gasteiger partial charge in [-0.05, 0) is 17.7 Å². The number of rotatable bonds is 4. The number of carbonyl (C=O) groups excluding carboxylic acids is 1. The molecule has 7 nitrogen and oxygen atoms in total. The van der Waals surface area contributed by atoms with Crippen molar-refractivity contribution in [1.82, 2.24) is 24.7 Å². The molecule has 7 heteroatoms. The van der Waals surface area contributed by atoms with Crippen LogP contribution in [-0.2, 0) is 6.54 Å². The lowest BCUT2D eigenvalue weighted by atomic mass is 10.1.